The normalized spacial score (nSPS) is 12.9. The van der Waals surface area contributed by atoms with E-state index in [0.29, 0.717) is 29.9 Å². The van der Waals surface area contributed by atoms with E-state index in [1.807, 2.05) is 64.4 Å². The molecule has 2 heterocycles. The highest BCUT2D eigenvalue weighted by molar-refractivity contribution is 9.10. The minimum absolute atomic E-state index is 0.0797. The van der Waals surface area contributed by atoms with Gasteiger partial charge in [-0.25, -0.2) is 9.69 Å². The first-order valence-electron chi connectivity index (χ1n) is 15.2. The van der Waals surface area contributed by atoms with Crippen LogP contribution in [-0.2, 0) is 12.8 Å². The van der Waals surface area contributed by atoms with Crippen molar-refractivity contribution in [2.24, 2.45) is 0 Å². The van der Waals surface area contributed by atoms with Crippen molar-refractivity contribution < 1.29 is 19.6 Å². The SMILES string of the molecule is C=CCN1CCc2cc(Br)ccc2C1=O.[C-]#[N+]c1ccc(-c2ccc3c(c2)CCN(CC=C)C3=O)cc1.[C-]#[N+]c1ccc(B(O)O)cc1. The average molecular weight is 701 g/mol. The third-order valence-electron chi connectivity index (χ3n) is 7.86. The van der Waals surface area contributed by atoms with E-state index in [1.54, 1.807) is 24.3 Å². The quantitative estimate of drug-likeness (QED) is 0.134. The molecule has 0 spiro atoms. The van der Waals surface area contributed by atoms with Crippen molar-refractivity contribution in [2.75, 3.05) is 26.2 Å². The molecule has 0 aliphatic carbocycles. The van der Waals surface area contributed by atoms with Crippen LogP contribution in [0.3, 0.4) is 0 Å². The lowest BCUT2D eigenvalue weighted by Crippen LogP contribution is -2.37. The van der Waals surface area contributed by atoms with Crippen LogP contribution in [0.1, 0.15) is 31.8 Å². The highest BCUT2D eigenvalue weighted by atomic mass is 79.9. The van der Waals surface area contributed by atoms with Gasteiger partial charge in [0.25, 0.3) is 11.8 Å². The Morgan fingerprint density at radius 1 is 0.708 bits per heavy atom. The molecule has 0 radical (unpaired) electrons. The van der Waals surface area contributed by atoms with E-state index in [9.17, 15) is 9.59 Å². The third-order valence-corrected chi connectivity index (χ3v) is 8.35. The highest BCUT2D eigenvalue weighted by Crippen LogP contribution is 2.28. The summed E-state index contributed by atoms with van der Waals surface area (Å²) < 4.78 is 1.03. The van der Waals surface area contributed by atoms with Crippen molar-refractivity contribution in [3.8, 4) is 11.1 Å². The van der Waals surface area contributed by atoms with Crippen molar-refractivity contribution in [1.29, 1.82) is 0 Å². The molecule has 48 heavy (non-hydrogen) atoms. The van der Waals surface area contributed by atoms with E-state index >= 15 is 0 Å². The van der Waals surface area contributed by atoms with Crippen molar-refractivity contribution >= 4 is 51.7 Å². The van der Waals surface area contributed by atoms with E-state index in [1.165, 1.54) is 12.1 Å². The van der Waals surface area contributed by atoms with Crippen molar-refractivity contribution in [2.45, 2.75) is 12.8 Å². The van der Waals surface area contributed by atoms with Gasteiger partial charge in [-0.1, -0.05) is 88.7 Å². The largest absolute Gasteiger partial charge is 0.488 e. The number of carbonyl (C=O) groups is 2. The fourth-order valence-corrected chi connectivity index (χ4v) is 5.74. The van der Waals surface area contributed by atoms with Gasteiger partial charge in [-0.2, -0.15) is 0 Å². The van der Waals surface area contributed by atoms with Gasteiger partial charge in [0.15, 0.2) is 11.4 Å². The third kappa shape index (κ3) is 8.96. The lowest BCUT2D eigenvalue weighted by Gasteiger charge is -2.27. The number of hydrogen-bond donors (Lipinski definition) is 2. The summed E-state index contributed by atoms with van der Waals surface area (Å²) in [6.07, 6.45) is 5.31. The summed E-state index contributed by atoms with van der Waals surface area (Å²) >= 11 is 3.42. The first-order chi connectivity index (χ1) is 23.2. The molecule has 4 aromatic carbocycles. The van der Waals surface area contributed by atoms with Gasteiger partial charge in [-0.05, 0) is 64.8 Å². The van der Waals surface area contributed by atoms with E-state index in [-0.39, 0.29) is 11.8 Å². The maximum absolute atomic E-state index is 12.4. The molecular weight excluding hydrogens is 667 g/mol. The van der Waals surface area contributed by atoms with Crippen LogP contribution in [0, 0.1) is 13.1 Å². The molecule has 2 aliphatic rings. The minimum Gasteiger partial charge on any atom is -0.423 e. The van der Waals surface area contributed by atoms with E-state index in [0.717, 1.165) is 63.8 Å². The molecule has 0 saturated heterocycles. The fourth-order valence-electron chi connectivity index (χ4n) is 5.33. The Hall–Kier alpha value is -5.26. The Morgan fingerprint density at radius 3 is 1.65 bits per heavy atom. The molecule has 0 fully saturated rings. The summed E-state index contributed by atoms with van der Waals surface area (Å²) in [4.78, 5) is 34.6. The molecule has 0 atom stereocenters. The smallest absolute Gasteiger partial charge is 0.423 e. The van der Waals surface area contributed by atoms with Crippen molar-refractivity contribution in [3.63, 3.8) is 0 Å². The van der Waals surface area contributed by atoms with Gasteiger partial charge < -0.3 is 19.8 Å². The van der Waals surface area contributed by atoms with Crippen LogP contribution in [0.4, 0.5) is 11.4 Å². The molecule has 2 amide bonds. The zero-order chi connectivity index (χ0) is 34.6. The summed E-state index contributed by atoms with van der Waals surface area (Å²) in [5.74, 6) is 0.194. The number of carbonyl (C=O) groups excluding carboxylic acids is 2. The molecule has 0 aromatic heterocycles. The molecule has 0 bridgehead atoms. The molecule has 0 unspecified atom stereocenters. The standard InChI is InChI=1S/C19H16N2O.C12H12BrNO.C7H6BNO2/c1-3-11-21-12-10-16-13-15(6-9-18(16)19(21)22)14-4-7-17(20-2)8-5-14;1-2-6-14-7-5-9-8-10(13)3-4-11(9)12(14)15;1-9-7-4-2-6(3-5-7)8(10)11/h3-9,13H,1,10-12H2;2-4,8H,1,5-7H2;2-5,10-11H. The zero-order valence-electron chi connectivity index (χ0n) is 26.3. The highest BCUT2D eigenvalue weighted by Gasteiger charge is 2.24. The van der Waals surface area contributed by atoms with Gasteiger partial charge in [0.1, 0.15) is 0 Å². The van der Waals surface area contributed by atoms with Crippen LogP contribution in [0.5, 0.6) is 0 Å². The van der Waals surface area contributed by atoms with Crippen LogP contribution in [0.25, 0.3) is 20.8 Å². The second kappa shape index (κ2) is 17.1. The monoisotopic (exact) mass is 700 g/mol. The second-order valence-corrected chi connectivity index (χ2v) is 11.9. The van der Waals surface area contributed by atoms with Crippen LogP contribution in [-0.4, -0.2) is 65.0 Å². The number of benzene rings is 4. The molecule has 10 heteroatoms. The lowest BCUT2D eigenvalue weighted by molar-refractivity contribution is 0.0751. The van der Waals surface area contributed by atoms with E-state index in [4.69, 9.17) is 23.2 Å². The number of hydrogen-bond acceptors (Lipinski definition) is 4. The van der Waals surface area contributed by atoms with Gasteiger partial charge in [0, 0.05) is 41.8 Å². The van der Waals surface area contributed by atoms with Crippen molar-refractivity contribution in [3.05, 3.63) is 160 Å². The predicted molar refractivity (Wildman–Crippen MR) is 194 cm³/mol. The maximum atomic E-state index is 12.4. The van der Waals surface area contributed by atoms with E-state index < -0.39 is 7.12 Å². The van der Waals surface area contributed by atoms with Crippen LogP contribution in [0.15, 0.2) is 115 Å². The van der Waals surface area contributed by atoms with Gasteiger partial charge in [-0.15, -0.1) is 13.2 Å². The number of amides is 2. The molecule has 240 valence electrons. The Morgan fingerprint density at radius 2 is 1.17 bits per heavy atom. The first-order valence-corrected chi connectivity index (χ1v) is 16.0. The molecule has 4 aromatic rings. The zero-order valence-corrected chi connectivity index (χ0v) is 27.9. The summed E-state index contributed by atoms with van der Waals surface area (Å²) in [5.41, 5.74) is 7.52. The summed E-state index contributed by atoms with van der Waals surface area (Å²) in [6, 6.07) is 25.4. The Labute approximate surface area is 290 Å². The van der Waals surface area contributed by atoms with Crippen LogP contribution < -0.4 is 5.46 Å². The first kappa shape index (κ1) is 35.6. The van der Waals surface area contributed by atoms with Gasteiger partial charge in [0.05, 0.1) is 13.1 Å². The van der Waals surface area contributed by atoms with Crippen LogP contribution >= 0.6 is 15.9 Å². The summed E-state index contributed by atoms with van der Waals surface area (Å²) in [5, 5.41) is 17.3. The van der Waals surface area contributed by atoms with E-state index in [2.05, 4.69) is 44.8 Å². The Balaban J connectivity index is 0.000000174. The van der Waals surface area contributed by atoms with Crippen molar-refractivity contribution in [1.82, 2.24) is 9.80 Å². The molecule has 6 rings (SSSR count). The van der Waals surface area contributed by atoms with Gasteiger partial charge >= 0.3 is 7.12 Å². The number of fused-ring (bicyclic) bond motifs is 2. The topological polar surface area (TPSA) is 89.8 Å². The summed E-state index contributed by atoms with van der Waals surface area (Å²) in [6.45, 7) is 23.7. The molecular formula is C38H34BBrN4O4. The Kier molecular flexibility index (Phi) is 12.6. The van der Waals surface area contributed by atoms with Gasteiger partial charge in [-0.3, -0.25) is 9.59 Å². The number of nitrogens with zero attached hydrogens (tertiary/aromatic N) is 4. The molecule has 0 saturated carbocycles. The minimum atomic E-state index is -1.45. The lowest BCUT2D eigenvalue weighted by atomic mass is 9.80. The predicted octanol–water partition coefficient (Wildman–Crippen LogP) is 6.64. The van der Waals surface area contributed by atoms with Gasteiger partial charge in [0.2, 0.25) is 0 Å². The molecule has 2 N–H and O–H groups in total. The fraction of sp³-hybridized carbons (Fsp3) is 0.158. The second-order valence-electron chi connectivity index (χ2n) is 11.0. The maximum Gasteiger partial charge on any atom is 0.488 e. The van der Waals surface area contributed by atoms with Crippen LogP contribution in [0.2, 0.25) is 0 Å². The molecule has 2 aliphatic heterocycles. The Bertz CT molecular complexity index is 1880. The average Bonchev–Trinajstić information content (AvgIpc) is 3.11. The summed E-state index contributed by atoms with van der Waals surface area (Å²) in [7, 11) is -1.45. The number of halogens is 1. The number of rotatable bonds is 6. The molecule has 8 nitrogen and oxygen atoms in total.